The van der Waals surface area contributed by atoms with Crippen LogP contribution >= 0.6 is 0 Å². The number of H-pyrrole nitrogens is 1. The van der Waals surface area contributed by atoms with E-state index in [2.05, 4.69) is 33.8 Å². The molecule has 2 fully saturated rings. The second-order valence-electron chi connectivity index (χ2n) is 8.88. The lowest BCUT2D eigenvalue weighted by atomic mass is 9.98. The van der Waals surface area contributed by atoms with Crippen molar-refractivity contribution in [2.75, 3.05) is 11.9 Å². The van der Waals surface area contributed by atoms with Crippen LogP contribution in [0.2, 0.25) is 0 Å². The normalized spacial score (nSPS) is 31.6. The number of nitrogens with one attached hydrogen (secondary N) is 2. The van der Waals surface area contributed by atoms with Crippen molar-refractivity contribution in [3.63, 3.8) is 0 Å². The molecule has 150 valence electrons. The van der Waals surface area contributed by atoms with Crippen LogP contribution in [0, 0.1) is 5.41 Å². The second-order valence-corrected chi connectivity index (χ2v) is 8.88. The quantitative estimate of drug-likeness (QED) is 0.786. The third-order valence-corrected chi connectivity index (χ3v) is 6.93. The van der Waals surface area contributed by atoms with Gasteiger partial charge in [0.1, 0.15) is 23.5 Å². The highest BCUT2D eigenvalue weighted by Crippen LogP contribution is 2.70. The first-order valence-electron chi connectivity index (χ1n) is 9.89. The van der Waals surface area contributed by atoms with Gasteiger partial charge in [0.15, 0.2) is 0 Å². The summed E-state index contributed by atoms with van der Waals surface area (Å²) in [5.74, 6) is 0.443. The molecule has 1 amide bonds. The zero-order valence-electron chi connectivity index (χ0n) is 16.9. The van der Waals surface area contributed by atoms with Gasteiger partial charge in [-0.15, -0.1) is 0 Å². The summed E-state index contributed by atoms with van der Waals surface area (Å²) in [5.41, 5.74) is -0.0729. The molecule has 1 aliphatic carbocycles. The first-order chi connectivity index (χ1) is 13.2. The number of carbonyl (C=O) groups is 1. The fourth-order valence-corrected chi connectivity index (χ4v) is 4.77. The lowest BCUT2D eigenvalue weighted by Gasteiger charge is -2.38. The maximum atomic E-state index is 15.0. The minimum Gasteiger partial charge on any atom is -0.365 e. The van der Waals surface area contributed by atoms with E-state index in [9.17, 15) is 4.79 Å². The summed E-state index contributed by atoms with van der Waals surface area (Å²) in [5, 5.41) is 4.34. The van der Waals surface area contributed by atoms with E-state index < -0.39 is 11.1 Å². The van der Waals surface area contributed by atoms with Crippen LogP contribution in [0.3, 0.4) is 0 Å². The molecule has 4 atom stereocenters. The van der Waals surface area contributed by atoms with Gasteiger partial charge < -0.3 is 15.2 Å². The number of amides is 1. The van der Waals surface area contributed by atoms with Crippen molar-refractivity contribution in [1.82, 2.24) is 19.9 Å². The predicted molar refractivity (Wildman–Crippen MR) is 108 cm³/mol. The van der Waals surface area contributed by atoms with Crippen LogP contribution in [0.1, 0.15) is 52.0 Å². The largest absolute Gasteiger partial charge is 0.365 e. The number of likely N-dealkylation sites (tertiary alicyclic amines) is 1. The number of rotatable bonds is 4. The first kappa shape index (κ1) is 18.9. The van der Waals surface area contributed by atoms with Crippen molar-refractivity contribution >= 4 is 22.8 Å². The Hall–Kier alpha value is -2.44. The number of piperidine rings is 1. The minimum atomic E-state index is -1.26. The fraction of sp³-hybridized carbons (Fsp3) is 0.571. The molecule has 28 heavy (non-hydrogen) atoms. The minimum absolute atomic E-state index is 0.0536. The Labute approximate surface area is 164 Å². The molecule has 0 radical (unpaired) electrons. The van der Waals surface area contributed by atoms with Crippen LogP contribution in [0.5, 0.6) is 0 Å². The average Bonchev–Trinajstić information content (AvgIpc) is 2.95. The molecule has 0 bridgehead atoms. The van der Waals surface area contributed by atoms with Gasteiger partial charge in [0, 0.05) is 36.2 Å². The molecule has 4 rings (SSSR count). The molecule has 1 saturated heterocycles. The lowest BCUT2D eigenvalue weighted by Crippen LogP contribution is -2.49. The molecule has 2 aromatic rings. The number of hydrogen-bond donors (Lipinski definition) is 2. The number of halogens is 1. The molecule has 2 aliphatic rings. The fourth-order valence-electron chi connectivity index (χ4n) is 4.77. The van der Waals surface area contributed by atoms with E-state index in [1.54, 1.807) is 6.92 Å². The molecule has 1 unspecified atom stereocenters. The van der Waals surface area contributed by atoms with E-state index in [-0.39, 0.29) is 23.9 Å². The van der Waals surface area contributed by atoms with Crippen molar-refractivity contribution in [1.29, 1.82) is 0 Å². The number of hydrogen-bond acceptors (Lipinski definition) is 4. The zero-order valence-corrected chi connectivity index (χ0v) is 16.9. The molecule has 2 aromatic heterocycles. The number of alkyl halides is 1. The third-order valence-electron chi connectivity index (χ3n) is 6.93. The molecular formula is C21H28FN5O. The number of fused-ring (bicyclic) bond motifs is 1. The van der Waals surface area contributed by atoms with Gasteiger partial charge in [0.05, 0.1) is 5.39 Å². The summed E-state index contributed by atoms with van der Waals surface area (Å²) in [6.45, 7) is 11.8. The number of carbonyl (C=O) groups excluding carboxylic acids is 1. The summed E-state index contributed by atoms with van der Waals surface area (Å²) in [4.78, 5) is 25.9. The van der Waals surface area contributed by atoms with Gasteiger partial charge in [-0.05, 0) is 38.3 Å². The Morgan fingerprint density at radius 3 is 2.75 bits per heavy atom. The molecule has 0 spiro atoms. The van der Waals surface area contributed by atoms with E-state index in [1.165, 1.54) is 12.4 Å². The third kappa shape index (κ3) is 2.71. The van der Waals surface area contributed by atoms with E-state index in [0.29, 0.717) is 18.0 Å². The van der Waals surface area contributed by atoms with Gasteiger partial charge >= 0.3 is 0 Å². The maximum absolute atomic E-state index is 15.0. The van der Waals surface area contributed by atoms with Gasteiger partial charge in [-0.25, -0.2) is 14.4 Å². The summed E-state index contributed by atoms with van der Waals surface area (Å²) >= 11 is 0. The maximum Gasteiger partial charge on any atom is 0.246 e. The standard InChI is InChI=1S/C21H28FN5O/c1-6-15(28)27-10-13(8-7-12(27)2)26-19-16-14(9-23-18(16)24-11-25-19)17-20(3,4)21(17,5)22/h6,9,11-13,17H,1,7-8,10H2,2-5H3,(H2,23,24,25,26)/t12-,13+,17-,21?/m0/s1. The van der Waals surface area contributed by atoms with Gasteiger partial charge in [-0.2, -0.15) is 0 Å². The summed E-state index contributed by atoms with van der Waals surface area (Å²) < 4.78 is 15.0. The van der Waals surface area contributed by atoms with Crippen LogP contribution in [-0.4, -0.2) is 50.1 Å². The Bertz CT molecular complexity index is 920. The van der Waals surface area contributed by atoms with Crippen molar-refractivity contribution in [2.24, 2.45) is 5.41 Å². The Morgan fingerprint density at radius 2 is 2.11 bits per heavy atom. The van der Waals surface area contributed by atoms with E-state index >= 15 is 4.39 Å². The highest BCUT2D eigenvalue weighted by Gasteiger charge is 2.70. The van der Waals surface area contributed by atoms with Crippen molar-refractivity contribution in [3.05, 3.63) is 30.7 Å². The van der Waals surface area contributed by atoms with E-state index in [0.717, 1.165) is 23.8 Å². The van der Waals surface area contributed by atoms with Crippen LogP contribution in [0.15, 0.2) is 25.2 Å². The van der Waals surface area contributed by atoms with Gasteiger partial charge in [-0.1, -0.05) is 20.4 Å². The average molecular weight is 385 g/mol. The molecule has 6 nitrogen and oxygen atoms in total. The smallest absolute Gasteiger partial charge is 0.246 e. The second kappa shape index (κ2) is 6.29. The Balaban J connectivity index is 1.64. The molecule has 3 heterocycles. The molecule has 7 heteroatoms. The number of aromatic amines is 1. The van der Waals surface area contributed by atoms with E-state index in [4.69, 9.17) is 0 Å². The van der Waals surface area contributed by atoms with Crippen LogP contribution in [0.4, 0.5) is 10.2 Å². The highest BCUT2D eigenvalue weighted by atomic mass is 19.1. The molecule has 0 aromatic carbocycles. The Kier molecular flexibility index (Phi) is 4.25. The van der Waals surface area contributed by atoms with Gasteiger partial charge in [-0.3, -0.25) is 4.79 Å². The number of nitrogens with zero attached hydrogens (tertiary/aromatic N) is 3. The van der Waals surface area contributed by atoms with Crippen molar-refractivity contribution in [3.8, 4) is 0 Å². The van der Waals surface area contributed by atoms with Crippen molar-refractivity contribution < 1.29 is 9.18 Å². The molecule has 1 aliphatic heterocycles. The van der Waals surface area contributed by atoms with Crippen LogP contribution in [-0.2, 0) is 4.79 Å². The summed E-state index contributed by atoms with van der Waals surface area (Å²) in [7, 11) is 0. The number of aromatic nitrogens is 3. The van der Waals surface area contributed by atoms with Crippen LogP contribution in [0.25, 0.3) is 11.0 Å². The van der Waals surface area contributed by atoms with Crippen molar-refractivity contribution in [2.45, 2.75) is 64.2 Å². The molecular weight excluding hydrogens is 357 g/mol. The first-order valence-corrected chi connectivity index (χ1v) is 9.89. The van der Waals surface area contributed by atoms with Gasteiger partial charge in [0.25, 0.3) is 0 Å². The zero-order chi connectivity index (χ0) is 20.3. The molecule has 1 saturated carbocycles. The highest BCUT2D eigenvalue weighted by molar-refractivity contribution is 5.92. The summed E-state index contributed by atoms with van der Waals surface area (Å²) in [6.07, 6.45) is 6.57. The van der Waals surface area contributed by atoms with Gasteiger partial charge in [0.2, 0.25) is 5.91 Å². The Morgan fingerprint density at radius 1 is 1.39 bits per heavy atom. The monoisotopic (exact) mass is 385 g/mol. The van der Waals surface area contributed by atoms with E-state index in [1.807, 2.05) is 24.9 Å². The lowest BCUT2D eigenvalue weighted by molar-refractivity contribution is -0.129. The summed E-state index contributed by atoms with van der Waals surface area (Å²) in [6, 6.07) is 0.265. The van der Waals surface area contributed by atoms with Crippen LogP contribution < -0.4 is 5.32 Å². The SMILES string of the molecule is C=CC(=O)N1C[C@H](Nc2ncnc3[nH]cc([C@H]4C(C)(C)C4(C)F)c23)CC[C@@H]1C. The predicted octanol–water partition coefficient (Wildman–Crippen LogP) is 3.79. The topological polar surface area (TPSA) is 73.9 Å². The number of anilines is 1. The molecule has 2 N–H and O–H groups in total.